The Morgan fingerprint density at radius 2 is 1.90 bits per heavy atom. The molecule has 0 saturated heterocycles. The molecule has 4 heteroatoms. The molecule has 1 rings (SSSR count). The zero-order chi connectivity index (χ0) is 15.8. The summed E-state index contributed by atoms with van der Waals surface area (Å²) in [4.78, 5) is 12.0. The number of hydrogen-bond acceptors (Lipinski definition) is 2. The molecule has 2 N–H and O–H groups in total. The first-order valence-electron chi connectivity index (χ1n) is 7.68. The molecule has 21 heavy (non-hydrogen) atoms. The van der Waals surface area contributed by atoms with E-state index in [0.29, 0.717) is 12.0 Å². The van der Waals surface area contributed by atoms with Crippen LogP contribution < -0.4 is 5.32 Å². The van der Waals surface area contributed by atoms with Crippen molar-refractivity contribution in [2.45, 2.75) is 46.1 Å². The van der Waals surface area contributed by atoms with Gasteiger partial charge in [-0.15, -0.1) is 0 Å². The number of benzene rings is 1. The van der Waals surface area contributed by atoms with Gasteiger partial charge in [-0.3, -0.25) is 4.79 Å². The van der Waals surface area contributed by atoms with Crippen molar-refractivity contribution >= 4 is 5.91 Å². The lowest BCUT2D eigenvalue weighted by atomic mass is 9.96. The molecule has 0 saturated carbocycles. The second-order valence-electron chi connectivity index (χ2n) is 5.59. The molecule has 1 aromatic carbocycles. The van der Waals surface area contributed by atoms with Crippen LogP contribution in [0.4, 0.5) is 4.39 Å². The number of carbonyl (C=O) groups excluding carboxylic acids is 1. The molecule has 0 aliphatic rings. The van der Waals surface area contributed by atoms with Gasteiger partial charge in [0.05, 0.1) is 6.10 Å². The molecule has 0 aromatic heterocycles. The fraction of sp³-hybridized carbons (Fsp3) is 0.588. The number of rotatable bonds is 8. The molecule has 0 heterocycles. The third kappa shape index (κ3) is 5.46. The summed E-state index contributed by atoms with van der Waals surface area (Å²) < 4.78 is 13.6. The fourth-order valence-corrected chi connectivity index (χ4v) is 2.47. The minimum Gasteiger partial charge on any atom is -0.391 e. The quantitative estimate of drug-likeness (QED) is 0.774. The SMILES string of the molecule is CCC(CC)C(O)CNC(=O)C(C)Cc1ccccc1F. The van der Waals surface area contributed by atoms with Crippen molar-refractivity contribution in [3.8, 4) is 0 Å². The maximum absolute atomic E-state index is 13.6. The molecule has 0 radical (unpaired) electrons. The van der Waals surface area contributed by atoms with Crippen molar-refractivity contribution in [1.82, 2.24) is 5.32 Å². The Morgan fingerprint density at radius 1 is 1.29 bits per heavy atom. The summed E-state index contributed by atoms with van der Waals surface area (Å²) in [5, 5.41) is 12.8. The Labute approximate surface area is 126 Å². The molecule has 1 amide bonds. The predicted octanol–water partition coefficient (Wildman–Crippen LogP) is 2.92. The van der Waals surface area contributed by atoms with E-state index in [2.05, 4.69) is 5.32 Å². The van der Waals surface area contributed by atoms with Crippen LogP contribution in [0.2, 0.25) is 0 Å². The first-order valence-corrected chi connectivity index (χ1v) is 7.68. The molecular formula is C17H26FNO2. The number of aliphatic hydroxyl groups excluding tert-OH is 1. The molecule has 118 valence electrons. The smallest absolute Gasteiger partial charge is 0.223 e. The normalized spacial score (nSPS) is 14.0. The van der Waals surface area contributed by atoms with Gasteiger partial charge in [0.15, 0.2) is 0 Å². The largest absolute Gasteiger partial charge is 0.391 e. The molecule has 3 nitrogen and oxygen atoms in total. The van der Waals surface area contributed by atoms with Crippen molar-refractivity contribution in [2.24, 2.45) is 11.8 Å². The van der Waals surface area contributed by atoms with Gasteiger partial charge in [0.2, 0.25) is 5.91 Å². The number of nitrogens with one attached hydrogen (secondary N) is 1. The highest BCUT2D eigenvalue weighted by Crippen LogP contribution is 2.14. The van der Waals surface area contributed by atoms with E-state index in [1.54, 1.807) is 25.1 Å². The predicted molar refractivity (Wildman–Crippen MR) is 82.4 cm³/mol. The van der Waals surface area contributed by atoms with Gasteiger partial charge in [0, 0.05) is 12.5 Å². The van der Waals surface area contributed by atoms with Crippen LogP contribution in [0.1, 0.15) is 39.2 Å². The number of carbonyl (C=O) groups is 1. The van der Waals surface area contributed by atoms with Crippen molar-refractivity contribution in [1.29, 1.82) is 0 Å². The van der Waals surface area contributed by atoms with Crippen LogP contribution in [0.15, 0.2) is 24.3 Å². The molecule has 2 unspecified atom stereocenters. The van der Waals surface area contributed by atoms with Gasteiger partial charge in [0.25, 0.3) is 0 Å². The molecule has 0 bridgehead atoms. The lowest BCUT2D eigenvalue weighted by Crippen LogP contribution is -2.39. The van der Waals surface area contributed by atoms with E-state index in [4.69, 9.17) is 0 Å². The Hall–Kier alpha value is -1.42. The van der Waals surface area contributed by atoms with Crippen LogP contribution in [0.3, 0.4) is 0 Å². The lowest BCUT2D eigenvalue weighted by Gasteiger charge is -2.21. The van der Waals surface area contributed by atoms with E-state index >= 15 is 0 Å². The summed E-state index contributed by atoms with van der Waals surface area (Å²) in [6, 6.07) is 6.49. The first kappa shape index (κ1) is 17.6. The molecule has 0 spiro atoms. The molecular weight excluding hydrogens is 269 g/mol. The average Bonchev–Trinajstić information content (AvgIpc) is 2.48. The van der Waals surface area contributed by atoms with Crippen LogP contribution in [-0.4, -0.2) is 23.7 Å². The first-order chi connectivity index (χ1) is 9.99. The maximum Gasteiger partial charge on any atom is 0.223 e. The number of aliphatic hydroxyl groups is 1. The summed E-state index contributed by atoms with van der Waals surface area (Å²) in [5.41, 5.74) is 0.542. The van der Waals surface area contributed by atoms with E-state index in [0.717, 1.165) is 12.8 Å². The van der Waals surface area contributed by atoms with Gasteiger partial charge in [-0.25, -0.2) is 4.39 Å². The average molecular weight is 295 g/mol. The Kier molecular flexibility index (Phi) is 7.37. The van der Waals surface area contributed by atoms with Crippen LogP contribution in [0.5, 0.6) is 0 Å². The van der Waals surface area contributed by atoms with Gasteiger partial charge >= 0.3 is 0 Å². The lowest BCUT2D eigenvalue weighted by molar-refractivity contribution is -0.125. The van der Waals surface area contributed by atoms with Gasteiger partial charge in [-0.1, -0.05) is 51.8 Å². The van der Waals surface area contributed by atoms with E-state index in [1.807, 2.05) is 13.8 Å². The highest BCUT2D eigenvalue weighted by atomic mass is 19.1. The Bertz CT molecular complexity index is 446. The highest BCUT2D eigenvalue weighted by Gasteiger charge is 2.19. The summed E-state index contributed by atoms with van der Waals surface area (Å²) >= 11 is 0. The second kappa shape index (κ2) is 8.78. The third-order valence-corrected chi connectivity index (χ3v) is 4.01. The summed E-state index contributed by atoms with van der Waals surface area (Å²) in [6.45, 7) is 6.08. The second-order valence-corrected chi connectivity index (χ2v) is 5.59. The monoisotopic (exact) mass is 295 g/mol. The topological polar surface area (TPSA) is 49.3 Å². The number of halogens is 1. The third-order valence-electron chi connectivity index (χ3n) is 4.01. The van der Waals surface area contributed by atoms with E-state index in [-0.39, 0.29) is 30.1 Å². The van der Waals surface area contributed by atoms with Crippen LogP contribution in [0, 0.1) is 17.7 Å². The zero-order valence-electron chi connectivity index (χ0n) is 13.1. The minimum absolute atomic E-state index is 0.150. The highest BCUT2D eigenvalue weighted by molar-refractivity contribution is 5.78. The number of hydrogen-bond donors (Lipinski definition) is 2. The van der Waals surface area contributed by atoms with Gasteiger partial charge in [-0.2, -0.15) is 0 Å². The molecule has 0 aliphatic heterocycles. The number of amides is 1. The van der Waals surface area contributed by atoms with E-state index in [9.17, 15) is 14.3 Å². The summed E-state index contributed by atoms with van der Waals surface area (Å²) in [5.74, 6) is -0.555. The molecule has 0 fully saturated rings. The Balaban J connectivity index is 2.46. The van der Waals surface area contributed by atoms with Crippen molar-refractivity contribution in [3.05, 3.63) is 35.6 Å². The van der Waals surface area contributed by atoms with Gasteiger partial charge in [0.1, 0.15) is 5.82 Å². The van der Waals surface area contributed by atoms with Crippen molar-refractivity contribution < 1.29 is 14.3 Å². The molecule has 0 aliphatic carbocycles. The summed E-state index contributed by atoms with van der Waals surface area (Å²) in [7, 11) is 0. The minimum atomic E-state index is -0.524. The Morgan fingerprint density at radius 3 is 2.48 bits per heavy atom. The zero-order valence-corrected chi connectivity index (χ0v) is 13.1. The van der Waals surface area contributed by atoms with Crippen LogP contribution in [-0.2, 0) is 11.2 Å². The summed E-state index contributed by atoms with van der Waals surface area (Å²) in [6.07, 6.45) is 1.61. The van der Waals surface area contributed by atoms with Gasteiger partial charge in [-0.05, 0) is 24.0 Å². The van der Waals surface area contributed by atoms with Crippen molar-refractivity contribution in [3.63, 3.8) is 0 Å². The molecule has 2 atom stereocenters. The van der Waals surface area contributed by atoms with Gasteiger partial charge < -0.3 is 10.4 Å². The van der Waals surface area contributed by atoms with E-state index < -0.39 is 6.10 Å². The van der Waals surface area contributed by atoms with Crippen molar-refractivity contribution in [2.75, 3.05) is 6.54 Å². The van der Waals surface area contributed by atoms with Crippen LogP contribution in [0.25, 0.3) is 0 Å². The maximum atomic E-state index is 13.6. The fourth-order valence-electron chi connectivity index (χ4n) is 2.47. The van der Waals surface area contributed by atoms with E-state index in [1.165, 1.54) is 6.07 Å². The standard InChI is InChI=1S/C17H26FNO2/c1-4-13(5-2)16(20)11-19-17(21)12(3)10-14-8-6-7-9-15(14)18/h6-9,12-13,16,20H,4-5,10-11H2,1-3H3,(H,19,21). The molecule has 1 aromatic rings. The van der Waals surface area contributed by atoms with Crippen LogP contribution >= 0.6 is 0 Å².